The van der Waals surface area contributed by atoms with Crippen LogP contribution in [-0.4, -0.2) is 86.6 Å². The Morgan fingerprint density at radius 2 is 1.82 bits per heavy atom. The van der Waals surface area contributed by atoms with Crippen molar-refractivity contribution in [2.45, 2.75) is 6.42 Å². The lowest BCUT2D eigenvalue weighted by atomic mass is 10.3. The van der Waals surface area contributed by atoms with E-state index in [-0.39, 0.29) is 0 Å². The summed E-state index contributed by atoms with van der Waals surface area (Å²) in [4.78, 5) is 18.8. The number of rotatable bonds is 2. The average molecular weight is 240 g/mol. The number of piperazine rings is 1. The van der Waals surface area contributed by atoms with E-state index in [0.29, 0.717) is 12.5 Å². The molecule has 0 saturated carbocycles. The van der Waals surface area contributed by atoms with Crippen LogP contribution < -0.4 is 5.32 Å². The molecule has 17 heavy (non-hydrogen) atoms. The lowest BCUT2D eigenvalue weighted by molar-refractivity contribution is -0.132. The van der Waals surface area contributed by atoms with Gasteiger partial charge in [0.2, 0.25) is 5.91 Å². The van der Waals surface area contributed by atoms with Crippen LogP contribution in [0.15, 0.2) is 0 Å². The maximum absolute atomic E-state index is 12.1. The number of likely N-dealkylation sites (N-methyl/N-ethyl adjacent to an activating group) is 1. The zero-order chi connectivity index (χ0) is 12.1. The molecule has 0 atom stereocenters. The largest absolute Gasteiger partial charge is 0.340 e. The lowest BCUT2D eigenvalue weighted by Crippen LogP contribution is -2.49. The van der Waals surface area contributed by atoms with Crippen molar-refractivity contribution in [2.75, 3.05) is 66.0 Å². The van der Waals surface area contributed by atoms with Gasteiger partial charge in [0.05, 0.1) is 6.54 Å². The number of hydrogen-bond donors (Lipinski definition) is 1. The quantitative estimate of drug-likeness (QED) is 0.676. The van der Waals surface area contributed by atoms with E-state index in [1.165, 1.54) is 0 Å². The van der Waals surface area contributed by atoms with Gasteiger partial charge in [-0.1, -0.05) is 0 Å². The number of nitrogens with one attached hydrogen (secondary N) is 1. The third-order valence-corrected chi connectivity index (χ3v) is 3.65. The van der Waals surface area contributed by atoms with E-state index >= 15 is 0 Å². The highest BCUT2D eigenvalue weighted by molar-refractivity contribution is 5.78. The Labute approximate surface area is 104 Å². The highest BCUT2D eigenvalue weighted by Crippen LogP contribution is 2.02. The van der Waals surface area contributed by atoms with Gasteiger partial charge >= 0.3 is 0 Å². The minimum atomic E-state index is 0.304. The summed E-state index contributed by atoms with van der Waals surface area (Å²) in [5.74, 6) is 0.304. The highest BCUT2D eigenvalue weighted by Gasteiger charge is 2.20. The molecule has 0 unspecified atom stereocenters. The van der Waals surface area contributed by atoms with Crippen LogP contribution in [0, 0.1) is 0 Å². The molecule has 2 heterocycles. The summed E-state index contributed by atoms with van der Waals surface area (Å²) in [7, 11) is 2.14. The lowest BCUT2D eigenvalue weighted by Gasteiger charge is -2.33. The number of nitrogens with zero attached hydrogens (tertiary/aromatic N) is 3. The molecule has 0 spiro atoms. The van der Waals surface area contributed by atoms with Gasteiger partial charge in [-0.3, -0.25) is 9.69 Å². The molecule has 5 nitrogen and oxygen atoms in total. The van der Waals surface area contributed by atoms with Gasteiger partial charge in [-0.25, -0.2) is 0 Å². The van der Waals surface area contributed by atoms with Crippen molar-refractivity contribution in [3.8, 4) is 0 Å². The van der Waals surface area contributed by atoms with Crippen molar-refractivity contribution in [3.63, 3.8) is 0 Å². The summed E-state index contributed by atoms with van der Waals surface area (Å²) in [5.41, 5.74) is 0. The smallest absolute Gasteiger partial charge is 0.236 e. The highest BCUT2D eigenvalue weighted by atomic mass is 16.2. The van der Waals surface area contributed by atoms with Crippen LogP contribution in [0.25, 0.3) is 0 Å². The topological polar surface area (TPSA) is 38.8 Å². The second kappa shape index (κ2) is 6.33. The molecular formula is C12H24N4O. The van der Waals surface area contributed by atoms with Gasteiger partial charge in [0, 0.05) is 45.8 Å². The Hall–Kier alpha value is -0.650. The number of amides is 1. The predicted molar refractivity (Wildman–Crippen MR) is 68.0 cm³/mol. The summed E-state index contributed by atoms with van der Waals surface area (Å²) in [6.45, 7) is 8.57. The Bertz CT molecular complexity index is 243. The Kier molecular flexibility index (Phi) is 4.76. The van der Waals surface area contributed by atoms with Crippen LogP contribution in [0.3, 0.4) is 0 Å². The molecule has 0 aromatic rings. The Morgan fingerprint density at radius 3 is 2.59 bits per heavy atom. The third kappa shape index (κ3) is 3.94. The molecule has 98 valence electrons. The van der Waals surface area contributed by atoms with Gasteiger partial charge in [0.15, 0.2) is 0 Å². The molecule has 0 aliphatic carbocycles. The summed E-state index contributed by atoms with van der Waals surface area (Å²) < 4.78 is 0. The summed E-state index contributed by atoms with van der Waals surface area (Å²) in [6, 6.07) is 0. The molecule has 2 fully saturated rings. The van der Waals surface area contributed by atoms with E-state index in [2.05, 4.69) is 22.2 Å². The zero-order valence-electron chi connectivity index (χ0n) is 10.8. The van der Waals surface area contributed by atoms with Crippen LogP contribution in [0.1, 0.15) is 6.42 Å². The monoisotopic (exact) mass is 240 g/mol. The van der Waals surface area contributed by atoms with Crippen LogP contribution in [0.2, 0.25) is 0 Å². The first-order chi connectivity index (χ1) is 8.25. The molecule has 2 saturated heterocycles. The Morgan fingerprint density at radius 1 is 1.06 bits per heavy atom. The first-order valence-electron chi connectivity index (χ1n) is 6.65. The van der Waals surface area contributed by atoms with Crippen molar-refractivity contribution in [3.05, 3.63) is 0 Å². The average Bonchev–Trinajstić information content (AvgIpc) is 2.61. The molecule has 0 aromatic carbocycles. The molecule has 0 aromatic heterocycles. The first kappa shape index (κ1) is 12.8. The van der Waals surface area contributed by atoms with Crippen molar-refractivity contribution < 1.29 is 4.79 Å². The van der Waals surface area contributed by atoms with E-state index in [1.807, 2.05) is 4.90 Å². The van der Waals surface area contributed by atoms with Crippen molar-refractivity contribution in [1.29, 1.82) is 0 Å². The second-order valence-corrected chi connectivity index (χ2v) is 5.06. The summed E-state index contributed by atoms with van der Waals surface area (Å²) >= 11 is 0. The maximum atomic E-state index is 12.1. The predicted octanol–water partition coefficient (Wildman–Crippen LogP) is -0.944. The molecule has 2 aliphatic rings. The summed E-state index contributed by atoms with van der Waals surface area (Å²) in [5, 5.41) is 3.33. The summed E-state index contributed by atoms with van der Waals surface area (Å²) in [6.07, 6.45) is 1.08. The van der Waals surface area contributed by atoms with Gasteiger partial charge in [0.25, 0.3) is 0 Å². The fraction of sp³-hybridized carbons (Fsp3) is 0.917. The minimum absolute atomic E-state index is 0.304. The number of hydrogen-bond acceptors (Lipinski definition) is 4. The van der Waals surface area contributed by atoms with E-state index in [0.717, 1.165) is 58.8 Å². The standard InChI is InChI=1S/C12H24N4O/c1-14-7-9-15(10-8-14)11-12(17)16-5-2-3-13-4-6-16/h13H,2-11H2,1H3. The molecular weight excluding hydrogens is 216 g/mol. The first-order valence-corrected chi connectivity index (χ1v) is 6.65. The zero-order valence-corrected chi connectivity index (χ0v) is 10.8. The molecule has 2 aliphatic heterocycles. The van der Waals surface area contributed by atoms with Gasteiger partial charge in [-0.05, 0) is 20.0 Å². The number of carbonyl (C=O) groups excluding carboxylic acids is 1. The number of carbonyl (C=O) groups is 1. The van der Waals surface area contributed by atoms with Gasteiger partial charge in [-0.2, -0.15) is 0 Å². The second-order valence-electron chi connectivity index (χ2n) is 5.06. The van der Waals surface area contributed by atoms with Crippen molar-refractivity contribution in [1.82, 2.24) is 20.0 Å². The molecule has 2 rings (SSSR count). The van der Waals surface area contributed by atoms with Crippen LogP contribution >= 0.6 is 0 Å². The maximum Gasteiger partial charge on any atom is 0.236 e. The van der Waals surface area contributed by atoms with Gasteiger partial charge in [-0.15, -0.1) is 0 Å². The van der Waals surface area contributed by atoms with E-state index in [9.17, 15) is 4.79 Å². The van der Waals surface area contributed by atoms with Crippen LogP contribution in [-0.2, 0) is 4.79 Å². The van der Waals surface area contributed by atoms with Crippen molar-refractivity contribution in [2.24, 2.45) is 0 Å². The van der Waals surface area contributed by atoms with Crippen LogP contribution in [0.4, 0.5) is 0 Å². The molecule has 0 bridgehead atoms. The molecule has 1 N–H and O–H groups in total. The van der Waals surface area contributed by atoms with E-state index in [1.54, 1.807) is 0 Å². The van der Waals surface area contributed by atoms with E-state index < -0.39 is 0 Å². The fourth-order valence-corrected chi connectivity index (χ4v) is 2.39. The third-order valence-electron chi connectivity index (χ3n) is 3.65. The van der Waals surface area contributed by atoms with Crippen LogP contribution in [0.5, 0.6) is 0 Å². The van der Waals surface area contributed by atoms with Gasteiger partial charge in [0.1, 0.15) is 0 Å². The normalized spacial score (nSPS) is 24.6. The SMILES string of the molecule is CN1CCN(CC(=O)N2CCCNCC2)CC1. The Balaban J connectivity index is 1.75. The van der Waals surface area contributed by atoms with Crippen molar-refractivity contribution >= 4 is 5.91 Å². The molecule has 1 amide bonds. The van der Waals surface area contributed by atoms with E-state index in [4.69, 9.17) is 0 Å². The minimum Gasteiger partial charge on any atom is -0.340 e. The molecule has 0 radical (unpaired) electrons. The van der Waals surface area contributed by atoms with Gasteiger partial charge < -0.3 is 15.1 Å². The fourth-order valence-electron chi connectivity index (χ4n) is 2.39. The molecule has 5 heteroatoms.